The summed E-state index contributed by atoms with van der Waals surface area (Å²) < 4.78 is 5.15. The Morgan fingerprint density at radius 1 is 0.957 bits per heavy atom. The van der Waals surface area contributed by atoms with E-state index < -0.39 is 6.17 Å². The largest absolute Gasteiger partial charge is 0.383 e. The highest BCUT2D eigenvalue weighted by molar-refractivity contribution is 6.16. The monoisotopic (exact) mass is 308 g/mol. The van der Waals surface area contributed by atoms with Crippen LogP contribution in [0.1, 0.15) is 32.4 Å². The molecule has 1 atom stereocenters. The summed E-state index contributed by atoms with van der Waals surface area (Å²) >= 11 is 0. The van der Waals surface area contributed by atoms with E-state index in [4.69, 9.17) is 4.74 Å². The second kappa shape index (κ2) is 5.21. The fourth-order valence-electron chi connectivity index (χ4n) is 3.39. The van der Waals surface area contributed by atoms with Gasteiger partial charge in [-0.3, -0.25) is 14.5 Å². The molecule has 2 heterocycles. The van der Waals surface area contributed by atoms with E-state index in [9.17, 15) is 9.59 Å². The van der Waals surface area contributed by atoms with E-state index in [0.29, 0.717) is 30.0 Å². The lowest BCUT2D eigenvalue weighted by atomic mass is 10.0. The molecule has 2 amide bonds. The van der Waals surface area contributed by atoms with Gasteiger partial charge in [-0.2, -0.15) is 0 Å². The SMILES string of the molecule is COCCN1C(=O)c2ccccc2N2C(=O)c3ccccc3C12. The summed E-state index contributed by atoms with van der Waals surface area (Å²) in [6.07, 6.45) is -0.392. The van der Waals surface area contributed by atoms with Gasteiger partial charge in [0, 0.05) is 24.8 Å². The molecule has 0 aromatic heterocycles. The molecule has 2 aromatic carbocycles. The Morgan fingerprint density at radius 3 is 2.43 bits per heavy atom. The average molecular weight is 308 g/mol. The van der Waals surface area contributed by atoms with Crippen LogP contribution in [0.3, 0.4) is 0 Å². The molecule has 0 N–H and O–H groups in total. The smallest absolute Gasteiger partial charge is 0.260 e. The summed E-state index contributed by atoms with van der Waals surface area (Å²) in [5.41, 5.74) is 2.76. The molecule has 0 saturated heterocycles. The summed E-state index contributed by atoms with van der Waals surface area (Å²) in [7, 11) is 1.61. The third kappa shape index (κ3) is 1.90. The Kier molecular flexibility index (Phi) is 3.16. The summed E-state index contributed by atoms with van der Waals surface area (Å²) in [6.45, 7) is 0.862. The number of amides is 2. The molecule has 4 rings (SSSR count). The van der Waals surface area contributed by atoms with Gasteiger partial charge in [0.25, 0.3) is 11.8 Å². The molecule has 0 spiro atoms. The van der Waals surface area contributed by atoms with E-state index in [1.54, 1.807) is 23.0 Å². The summed E-state index contributed by atoms with van der Waals surface area (Å²) in [6, 6.07) is 14.7. The number of anilines is 1. The third-order valence-corrected chi connectivity index (χ3v) is 4.42. The number of fused-ring (bicyclic) bond motifs is 5. The number of ether oxygens (including phenoxy) is 1. The molecule has 0 fully saturated rings. The van der Waals surface area contributed by atoms with Crippen LogP contribution in [-0.4, -0.2) is 37.0 Å². The molecule has 0 saturated carbocycles. The quantitative estimate of drug-likeness (QED) is 0.875. The van der Waals surface area contributed by atoms with E-state index in [2.05, 4.69) is 0 Å². The Hall–Kier alpha value is -2.66. The van der Waals surface area contributed by atoms with Crippen LogP contribution in [0.2, 0.25) is 0 Å². The van der Waals surface area contributed by atoms with Gasteiger partial charge in [-0.15, -0.1) is 0 Å². The zero-order chi connectivity index (χ0) is 16.0. The van der Waals surface area contributed by atoms with Gasteiger partial charge in [0.15, 0.2) is 0 Å². The Morgan fingerprint density at radius 2 is 1.65 bits per heavy atom. The number of carbonyl (C=O) groups is 2. The number of carbonyl (C=O) groups excluding carboxylic acids is 2. The number of nitrogens with zero attached hydrogens (tertiary/aromatic N) is 2. The van der Waals surface area contributed by atoms with E-state index in [0.717, 1.165) is 5.56 Å². The fraction of sp³-hybridized carbons (Fsp3) is 0.222. The number of hydrogen-bond donors (Lipinski definition) is 0. The van der Waals surface area contributed by atoms with Crippen molar-refractivity contribution in [3.05, 3.63) is 65.2 Å². The number of para-hydroxylation sites is 1. The Bertz CT molecular complexity index is 802. The zero-order valence-electron chi connectivity index (χ0n) is 12.7. The normalized spacial score (nSPS) is 18.7. The third-order valence-electron chi connectivity index (χ3n) is 4.42. The molecule has 23 heavy (non-hydrogen) atoms. The maximum atomic E-state index is 12.9. The highest BCUT2D eigenvalue weighted by Crippen LogP contribution is 2.44. The van der Waals surface area contributed by atoms with Crippen molar-refractivity contribution in [2.75, 3.05) is 25.2 Å². The first-order valence-electron chi connectivity index (χ1n) is 7.55. The minimum absolute atomic E-state index is 0.0621. The summed E-state index contributed by atoms with van der Waals surface area (Å²) in [5.74, 6) is -0.128. The van der Waals surface area contributed by atoms with Gasteiger partial charge in [0.05, 0.1) is 17.9 Å². The molecule has 116 valence electrons. The van der Waals surface area contributed by atoms with Crippen LogP contribution in [0, 0.1) is 0 Å². The van der Waals surface area contributed by atoms with Crippen molar-refractivity contribution < 1.29 is 14.3 Å². The van der Waals surface area contributed by atoms with Crippen LogP contribution in [0.15, 0.2) is 48.5 Å². The lowest BCUT2D eigenvalue weighted by molar-refractivity contribution is 0.0572. The maximum Gasteiger partial charge on any atom is 0.260 e. The predicted octanol–water partition coefficient (Wildman–Crippen LogP) is 2.45. The van der Waals surface area contributed by atoms with E-state index in [-0.39, 0.29) is 11.8 Å². The summed E-state index contributed by atoms with van der Waals surface area (Å²) in [5, 5.41) is 0. The molecule has 2 aliphatic rings. The Labute approximate surface area is 134 Å². The van der Waals surface area contributed by atoms with Crippen molar-refractivity contribution >= 4 is 17.5 Å². The first-order chi connectivity index (χ1) is 11.2. The van der Waals surface area contributed by atoms with Crippen molar-refractivity contribution in [3.8, 4) is 0 Å². The highest BCUT2D eigenvalue weighted by Gasteiger charge is 2.47. The second-order valence-electron chi connectivity index (χ2n) is 5.64. The number of benzene rings is 2. The summed E-state index contributed by atoms with van der Waals surface area (Å²) in [4.78, 5) is 29.2. The average Bonchev–Trinajstić information content (AvgIpc) is 2.89. The standard InChI is InChI=1S/C18H16N2O3/c1-23-11-10-19-16-12-6-2-3-7-13(12)18(22)20(16)15-9-5-4-8-14(15)17(19)21/h2-9,16H,10-11H2,1H3. The molecule has 5 nitrogen and oxygen atoms in total. The fourth-order valence-corrected chi connectivity index (χ4v) is 3.39. The van der Waals surface area contributed by atoms with Crippen LogP contribution in [0.25, 0.3) is 0 Å². The maximum absolute atomic E-state index is 12.9. The topological polar surface area (TPSA) is 49.9 Å². The van der Waals surface area contributed by atoms with Crippen molar-refractivity contribution in [1.82, 2.24) is 4.90 Å². The van der Waals surface area contributed by atoms with E-state index >= 15 is 0 Å². The van der Waals surface area contributed by atoms with Gasteiger partial charge >= 0.3 is 0 Å². The van der Waals surface area contributed by atoms with Gasteiger partial charge in [-0.1, -0.05) is 30.3 Å². The van der Waals surface area contributed by atoms with E-state index in [1.807, 2.05) is 42.5 Å². The lowest BCUT2D eigenvalue weighted by Crippen LogP contribution is -2.49. The van der Waals surface area contributed by atoms with Crippen LogP contribution in [0.4, 0.5) is 5.69 Å². The molecular weight excluding hydrogens is 292 g/mol. The second-order valence-corrected chi connectivity index (χ2v) is 5.64. The minimum atomic E-state index is -0.392. The van der Waals surface area contributed by atoms with Gasteiger partial charge in [0.1, 0.15) is 6.17 Å². The predicted molar refractivity (Wildman–Crippen MR) is 85.3 cm³/mol. The van der Waals surface area contributed by atoms with Crippen LogP contribution >= 0.6 is 0 Å². The number of rotatable bonds is 3. The van der Waals surface area contributed by atoms with Crippen molar-refractivity contribution in [1.29, 1.82) is 0 Å². The number of methoxy groups -OCH3 is 1. The molecule has 0 aliphatic carbocycles. The molecule has 5 heteroatoms. The molecule has 2 aromatic rings. The van der Waals surface area contributed by atoms with Crippen molar-refractivity contribution in [2.45, 2.75) is 6.17 Å². The molecule has 0 radical (unpaired) electrons. The van der Waals surface area contributed by atoms with Crippen LogP contribution in [0.5, 0.6) is 0 Å². The van der Waals surface area contributed by atoms with Crippen molar-refractivity contribution in [3.63, 3.8) is 0 Å². The molecular formula is C18H16N2O3. The van der Waals surface area contributed by atoms with Gasteiger partial charge < -0.3 is 9.64 Å². The van der Waals surface area contributed by atoms with Gasteiger partial charge in [0.2, 0.25) is 0 Å². The van der Waals surface area contributed by atoms with Gasteiger partial charge in [-0.05, 0) is 18.2 Å². The molecule has 0 bridgehead atoms. The van der Waals surface area contributed by atoms with Crippen molar-refractivity contribution in [2.24, 2.45) is 0 Å². The first-order valence-corrected chi connectivity index (χ1v) is 7.55. The van der Waals surface area contributed by atoms with E-state index in [1.165, 1.54) is 0 Å². The first kappa shape index (κ1) is 14.0. The zero-order valence-corrected chi connectivity index (χ0v) is 12.7. The van der Waals surface area contributed by atoms with Crippen LogP contribution < -0.4 is 4.90 Å². The van der Waals surface area contributed by atoms with Gasteiger partial charge in [-0.25, -0.2) is 0 Å². The van der Waals surface area contributed by atoms with Crippen LogP contribution in [-0.2, 0) is 4.74 Å². The Balaban J connectivity index is 1.91. The minimum Gasteiger partial charge on any atom is -0.383 e. The highest BCUT2D eigenvalue weighted by atomic mass is 16.5. The lowest BCUT2D eigenvalue weighted by Gasteiger charge is -2.40. The molecule has 1 unspecified atom stereocenters. The molecule has 2 aliphatic heterocycles. The number of hydrogen-bond acceptors (Lipinski definition) is 3.